The third kappa shape index (κ3) is 3.60. The van der Waals surface area contributed by atoms with Crippen LogP contribution in [-0.4, -0.2) is 48.4 Å². The Morgan fingerprint density at radius 2 is 1.84 bits per heavy atom. The van der Waals surface area contributed by atoms with Crippen LogP contribution in [0.15, 0.2) is 18.2 Å². The highest BCUT2D eigenvalue weighted by molar-refractivity contribution is 5.92. The minimum Gasteiger partial charge on any atom is -0.448 e. The number of nitrogens with one attached hydrogen (secondary N) is 1. The molecular formula is C19H26N2O4. The van der Waals surface area contributed by atoms with Gasteiger partial charge in [-0.15, -0.1) is 0 Å². The quantitative estimate of drug-likeness (QED) is 0.912. The van der Waals surface area contributed by atoms with Gasteiger partial charge < -0.3 is 19.5 Å². The molecule has 2 heterocycles. The van der Waals surface area contributed by atoms with E-state index in [2.05, 4.69) is 10.2 Å². The molecule has 136 valence electrons. The van der Waals surface area contributed by atoms with E-state index in [0.29, 0.717) is 6.54 Å². The smallest absolute Gasteiger partial charge is 0.251 e. The first-order valence-corrected chi connectivity index (χ1v) is 9.21. The van der Waals surface area contributed by atoms with Gasteiger partial charge in [-0.1, -0.05) is 0 Å². The third-order valence-electron chi connectivity index (χ3n) is 5.05. The molecule has 2 unspecified atom stereocenters. The summed E-state index contributed by atoms with van der Waals surface area (Å²) in [6.07, 6.45) is 4.43. The van der Waals surface area contributed by atoms with Gasteiger partial charge in [0.2, 0.25) is 5.91 Å². The number of hydrogen-bond donors (Lipinski definition) is 1. The van der Waals surface area contributed by atoms with Gasteiger partial charge in [-0.25, -0.2) is 0 Å². The van der Waals surface area contributed by atoms with Crippen LogP contribution in [-0.2, 0) is 9.53 Å². The molecule has 1 saturated carbocycles. The number of rotatable bonds is 3. The Labute approximate surface area is 148 Å². The fourth-order valence-corrected chi connectivity index (χ4v) is 4.11. The number of benzene rings is 1. The average Bonchev–Trinajstić information content (AvgIpc) is 3.12. The van der Waals surface area contributed by atoms with Crippen molar-refractivity contribution in [1.82, 2.24) is 4.90 Å². The van der Waals surface area contributed by atoms with Crippen LogP contribution in [0.5, 0.6) is 11.5 Å². The number of hydrogen-bond acceptors (Lipinski definition) is 5. The first-order valence-electron chi connectivity index (χ1n) is 9.21. The second-order valence-electron chi connectivity index (χ2n) is 7.48. The molecule has 4 rings (SSSR count). The number of carbonyl (C=O) groups excluding carboxylic acids is 1. The van der Waals surface area contributed by atoms with E-state index in [1.807, 2.05) is 32.0 Å². The second-order valence-corrected chi connectivity index (χ2v) is 7.48. The van der Waals surface area contributed by atoms with E-state index in [1.54, 1.807) is 0 Å². The van der Waals surface area contributed by atoms with Crippen molar-refractivity contribution < 1.29 is 19.0 Å². The number of morpholine rings is 1. The van der Waals surface area contributed by atoms with Crippen molar-refractivity contribution in [3.63, 3.8) is 0 Å². The highest BCUT2D eigenvalue weighted by atomic mass is 16.7. The van der Waals surface area contributed by atoms with Crippen LogP contribution in [0, 0.1) is 0 Å². The van der Waals surface area contributed by atoms with E-state index in [9.17, 15) is 4.79 Å². The van der Waals surface area contributed by atoms with Crippen LogP contribution in [0.25, 0.3) is 0 Å². The van der Waals surface area contributed by atoms with Crippen molar-refractivity contribution in [2.45, 2.75) is 57.5 Å². The molecule has 6 nitrogen and oxygen atoms in total. The van der Waals surface area contributed by atoms with Gasteiger partial charge in [-0.05, 0) is 38.8 Å². The van der Waals surface area contributed by atoms with E-state index < -0.39 is 5.79 Å². The average molecular weight is 346 g/mol. The van der Waals surface area contributed by atoms with Crippen LogP contribution in [0.1, 0.15) is 39.5 Å². The van der Waals surface area contributed by atoms with Crippen LogP contribution in [0.3, 0.4) is 0 Å². The minimum atomic E-state index is -0.467. The zero-order valence-corrected chi connectivity index (χ0v) is 14.9. The zero-order chi connectivity index (χ0) is 17.4. The Balaban J connectivity index is 1.36. The summed E-state index contributed by atoms with van der Waals surface area (Å²) in [5.74, 6) is 1.02. The normalized spacial score (nSPS) is 27.6. The summed E-state index contributed by atoms with van der Waals surface area (Å²) in [5.41, 5.74) is 0.747. The number of amides is 1. The Morgan fingerprint density at radius 1 is 1.16 bits per heavy atom. The van der Waals surface area contributed by atoms with Crippen molar-refractivity contribution in [2.24, 2.45) is 0 Å². The van der Waals surface area contributed by atoms with Crippen molar-refractivity contribution >= 4 is 11.6 Å². The van der Waals surface area contributed by atoms with E-state index in [4.69, 9.17) is 14.2 Å². The summed E-state index contributed by atoms with van der Waals surface area (Å²) in [6.45, 7) is 6.01. The fraction of sp³-hybridized carbons (Fsp3) is 0.632. The van der Waals surface area contributed by atoms with Gasteiger partial charge in [0.25, 0.3) is 5.79 Å². The number of carbonyl (C=O) groups is 1. The standard InChI is InChI=1S/C19H26N2O4/c1-13-10-21(11-14(2)23-13)12-18(22)20-15-5-6-16-17(9-15)25-19(24-16)7-3-4-8-19/h5-6,9,13-14H,3-4,7-8,10-12H2,1-2H3,(H,20,22). The maximum absolute atomic E-state index is 12.4. The first kappa shape index (κ1) is 16.7. The van der Waals surface area contributed by atoms with Crippen LogP contribution in [0.2, 0.25) is 0 Å². The van der Waals surface area contributed by atoms with E-state index in [0.717, 1.165) is 56.0 Å². The summed E-state index contributed by atoms with van der Waals surface area (Å²) in [4.78, 5) is 14.5. The van der Waals surface area contributed by atoms with Gasteiger partial charge in [-0.3, -0.25) is 9.69 Å². The van der Waals surface area contributed by atoms with Crippen LogP contribution in [0.4, 0.5) is 5.69 Å². The Kier molecular flexibility index (Phi) is 4.33. The largest absolute Gasteiger partial charge is 0.448 e. The van der Waals surface area contributed by atoms with Gasteiger partial charge >= 0.3 is 0 Å². The lowest BCUT2D eigenvalue weighted by molar-refractivity contribution is -0.121. The molecule has 1 spiro atoms. The highest BCUT2D eigenvalue weighted by Gasteiger charge is 2.44. The summed E-state index contributed by atoms with van der Waals surface area (Å²) in [5, 5.41) is 2.97. The minimum absolute atomic E-state index is 0.0178. The molecule has 25 heavy (non-hydrogen) atoms. The molecule has 1 saturated heterocycles. The molecule has 6 heteroatoms. The van der Waals surface area contributed by atoms with Crippen molar-refractivity contribution in [2.75, 3.05) is 25.0 Å². The number of ether oxygens (including phenoxy) is 3. The number of fused-ring (bicyclic) bond motifs is 1. The number of anilines is 1. The summed E-state index contributed by atoms with van der Waals surface area (Å²) in [7, 11) is 0. The molecular weight excluding hydrogens is 320 g/mol. The molecule has 1 aliphatic carbocycles. The summed E-state index contributed by atoms with van der Waals surface area (Å²) in [6, 6.07) is 5.63. The molecule has 1 aromatic rings. The maximum atomic E-state index is 12.4. The van der Waals surface area contributed by atoms with E-state index in [1.165, 1.54) is 0 Å². The lowest BCUT2D eigenvalue weighted by Crippen LogP contribution is -2.48. The van der Waals surface area contributed by atoms with Crippen molar-refractivity contribution in [3.05, 3.63) is 18.2 Å². The SMILES string of the molecule is CC1CN(CC(=O)Nc2ccc3c(c2)OC2(CCCC2)O3)CC(C)O1. The molecule has 0 bridgehead atoms. The summed E-state index contributed by atoms with van der Waals surface area (Å²) < 4.78 is 17.8. The highest BCUT2D eigenvalue weighted by Crippen LogP contribution is 2.47. The topological polar surface area (TPSA) is 60.0 Å². The first-order chi connectivity index (χ1) is 12.0. The molecule has 1 amide bonds. The molecule has 2 aliphatic heterocycles. The van der Waals surface area contributed by atoms with Crippen molar-refractivity contribution in [3.8, 4) is 11.5 Å². The fourth-order valence-electron chi connectivity index (χ4n) is 4.11. The lowest BCUT2D eigenvalue weighted by Gasteiger charge is -2.34. The predicted octanol–water partition coefficient (Wildman–Crippen LogP) is 2.78. The molecule has 1 aromatic carbocycles. The van der Waals surface area contributed by atoms with Crippen molar-refractivity contribution in [1.29, 1.82) is 0 Å². The third-order valence-corrected chi connectivity index (χ3v) is 5.05. The maximum Gasteiger partial charge on any atom is 0.251 e. The van der Waals surface area contributed by atoms with Gasteiger partial charge in [-0.2, -0.15) is 0 Å². The zero-order valence-electron chi connectivity index (χ0n) is 14.9. The molecule has 3 aliphatic rings. The molecule has 0 aromatic heterocycles. The van der Waals surface area contributed by atoms with Crippen LogP contribution < -0.4 is 14.8 Å². The monoisotopic (exact) mass is 346 g/mol. The van der Waals surface area contributed by atoms with E-state index >= 15 is 0 Å². The van der Waals surface area contributed by atoms with Gasteiger partial charge in [0.1, 0.15) is 0 Å². The molecule has 2 fully saturated rings. The lowest BCUT2D eigenvalue weighted by atomic mass is 10.2. The van der Waals surface area contributed by atoms with Gasteiger partial charge in [0.05, 0.1) is 18.8 Å². The van der Waals surface area contributed by atoms with Crippen LogP contribution >= 0.6 is 0 Å². The molecule has 0 radical (unpaired) electrons. The molecule has 2 atom stereocenters. The Morgan fingerprint density at radius 3 is 2.56 bits per heavy atom. The second kappa shape index (κ2) is 6.50. The Hall–Kier alpha value is -1.79. The van der Waals surface area contributed by atoms with E-state index in [-0.39, 0.29) is 18.1 Å². The predicted molar refractivity (Wildman–Crippen MR) is 94.0 cm³/mol. The Bertz CT molecular complexity index is 647. The molecule has 1 N–H and O–H groups in total. The van der Waals surface area contributed by atoms with Gasteiger partial charge in [0, 0.05) is 37.7 Å². The summed E-state index contributed by atoms with van der Waals surface area (Å²) >= 11 is 0. The van der Waals surface area contributed by atoms with Gasteiger partial charge in [0.15, 0.2) is 11.5 Å². The number of nitrogens with zero attached hydrogens (tertiary/aromatic N) is 1.